The van der Waals surface area contributed by atoms with Crippen LogP contribution < -0.4 is 4.74 Å². The number of amides is 1. The minimum absolute atomic E-state index is 0.00838. The molecular weight excluding hydrogens is 372 g/mol. The third-order valence-electron chi connectivity index (χ3n) is 4.23. The number of carbonyl (C=O) groups excluding carboxylic acids is 1. The van der Waals surface area contributed by atoms with Gasteiger partial charge in [-0.05, 0) is 37.8 Å². The SMILES string of the molecule is CC(C)Oc1ccc(C(=O)N2CC[C@H](c3cccs3)S(=O)(=O)CC2)cn1. The van der Waals surface area contributed by atoms with Crippen LogP contribution in [0.4, 0.5) is 0 Å². The molecule has 6 nitrogen and oxygen atoms in total. The molecule has 1 saturated heterocycles. The molecule has 2 aromatic rings. The van der Waals surface area contributed by atoms with Crippen molar-refractivity contribution in [3.05, 3.63) is 46.3 Å². The molecule has 3 heterocycles. The predicted octanol–water partition coefficient (Wildman–Crippen LogP) is 2.93. The van der Waals surface area contributed by atoms with Crippen LogP contribution in [0.15, 0.2) is 35.8 Å². The summed E-state index contributed by atoms with van der Waals surface area (Å²) in [6, 6.07) is 7.04. The van der Waals surface area contributed by atoms with Gasteiger partial charge in [-0.2, -0.15) is 0 Å². The quantitative estimate of drug-likeness (QED) is 0.797. The summed E-state index contributed by atoms with van der Waals surface area (Å²) in [6.07, 6.45) is 1.90. The van der Waals surface area contributed by atoms with Gasteiger partial charge in [-0.1, -0.05) is 6.07 Å². The van der Waals surface area contributed by atoms with Crippen molar-refractivity contribution in [3.8, 4) is 5.88 Å². The van der Waals surface area contributed by atoms with Gasteiger partial charge in [0.05, 0.1) is 22.7 Å². The standard InChI is InChI=1S/C18H22N2O4S2/c1-13(2)24-17-6-5-14(12-19-17)18(21)20-8-7-16(15-4-3-10-25-15)26(22,23)11-9-20/h3-6,10,12-13,16H,7-9,11H2,1-2H3/t16-/m1/s1. The van der Waals surface area contributed by atoms with E-state index in [0.29, 0.717) is 24.4 Å². The highest BCUT2D eigenvalue weighted by Gasteiger charge is 2.33. The minimum atomic E-state index is -3.27. The Morgan fingerprint density at radius 1 is 1.31 bits per heavy atom. The molecule has 1 amide bonds. The van der Waals surface area contributed by atoms with Gasteiger partial charge in [-0.25, -0.2) is 13.4 Å². The number of hydrogen-bond acceptors (Lipinski definition) is 6. The molecule has 1 aliphatic rings. The van der Waals surface area contributed by atoms with Crippen LogP contribution in [0.5, 0.6) is 5.88 Å². The van der Waals surface area contributed by atoms with Crippen molar-refractivity contribution in [2.45, 2.75) is 31.6 Å². The molecule has 0 spiro atoms. The van der Waals surface area contributed by atoms with Crippen LogP contribution in [0.2, 0.25) is 0 Å². The molecule has 3 rings (SSSR count). The number of pyridine rings is 1. The number of hydrogen-bond donors (Lipinski definition) is 0. The molecule has 0 saturated carbocycles. The highest BCUT2D eigenvalue weighted by atomic mass is 32.2. The van der Waals surface area contributed by atoms with Crippen molar-refractivity contribution in [2.24, 2.45) is 0 Å². The fraction of sp³-hybridized carbons (Fsp3) is 0.444. The monoisotopic (exact) mass is 394 g/mol. The van der Waals surface area contributed by atoms with Gasteiger partial charge < -0.3 is 9.64 Å². The molecule has 26 heavy (non-hydrogen) atoms. The summed E-state index contributed by atoms with van der Waals surface area (Å²) in [4.78, 5) is 19.3. The molecule has 0 aliphatic carbocycles. The Bertz CT molecular complexity index is 846. The molecular formula is C18H22N2O4S2. The van der Waals surface area contributed by atoms with Gasteiger partial charge in [0.1, 0.15) is 0 Å². The predicted molar refractivity (Wildman–Crippen MR) is 101 cm³/mol. The highest BCUT2D eigenvalue weighted by molar-refractivity contribution is 7.91. The lowest BCUT2D eigenvalue weighted by molar-refractivity contribution is 0.0766. The Balaban J connectivity index is 1.73. The Morgan fingerprint density at radius 2 is 2.12 bits per heavy atom. The van der Waals surface area contributed by atoms with Gasteiger partial charge in [0.2, 0.25) is 5.88 Å². The Hall–Kier alpha value is -1.93. The molecule has 2 aromatic heterocycles. The van der Waals surface area contributed by atoms with Crippen LogP contribution >= 0.6 is 11.3 Å². The van der Waals surface area contributed by atoms with Crippen molar-refractivity contribution < 1.29 is 17.9 Å². The summed E-state index contributed by atoms with van der Waals surface area (Å²) in [5.74, 6) is 0.242. The molecule has 0 radical (unpaired) electrons. The lowest BCUT2D eigenvalue weighted by Gasteiger charge is -2.20. The molecule has 0 bridgehead atoms. The van der Waals surface area contributed by atoms with Crippen LogP contribution in [0, 0.1) is 0 Å². The van der Waals surface area contributed by atoms with Crippen LogP contribution in [0.25, 0.3) is 0 Å². The van der Waals surface area contributed by atoms with Crippen molar-refractivity contribution in [2.75, 3.05) is 18.8 Å². The van der Waals surface area contributed by atoms with Crippen molar-refractivity contribution >= 4 is 27.1 Å². The second-order valence-electron chi connectivity index (χ2n) is 6.50. The number of aromatic nitrogens is 1. The molecule has 8 heteroatoms. The van der Waals surface area contributed by atoms with E-state index in [1.165, 1.54) is 17.5 Å². The summed E-state index contributed by atoms with van der Waals surface area (Å²) in [5.41, 5.74) is 0.438. The van der Waals surface area contributed by atoms with E-state index in [0.717, 1.165) is 4.88 Å². The number of nitrogens with zero attached hydrogens (tertiary/aromatic N) is 2. The summed E-state index contributed by atoms with van der Waals surface area (Å²) in [5, 5.41) is 1.35. The summed E-state index contributed by atoms with van der Waals surface area (Å²) < 4.78 is 30.7. The maximum atomic E-state index is 12.7. The average Bonchev–Trinajstić information content (AvgIpc) is 3.06. The molecule has 1 aliphatic heterocycles. The second kappa shape index (κ2) is 7.75. The van der Waals surface area contributed by atoms with E-state index >= 15 is 0 Å². The third-order valence-corrected chi connectivity index (χ3v) is 7.47. The first-order valence-electron chi connectivity index (χ1n) is 8.54. The molecule has 1 atom stereocenters. The Morgan fingerprint density at radius 3 is 2.73 bits per heavy atom. The lowest BCUT2D eigenvalue weighted by Crippen LogP contribution is -2.33. The topological polar surface area (TPSA) is 76.6 Å². The first-order chi connectivity index (χ1) is 12.4. The molecule has 1 fully saturated rings. The van der Waals surface area contributed by atoms with E-state index in [-0.39, 0.29) is 24.3 Å². The molecule has 140 valence electrons. The van der Waals surface area contributed by atoms with Crippen molar-refractivity contribution in [1.82, 2.24) is 9.88 Å². The lowest BCUT2D eigenvalue weighted by atomic mass is 10.2. The largest absolute Gasteiger partial charge is 0.475 e. The normalized spacial score (nSPS) is 20.0. The van der Waals surface area contributed by atoms with Crippen LogP contribution in [-0.2, 0) is 9.84 Å². The number of thiophene rings is 1. The van der Waals surface area contributed by atoms with Crippen LogP contribution in [-0.4, -0.2) is 49.2 Å². The van der Waals surface area contributed by atoms with E-state index in [4.69, 9.17) is 4.74 Å². The van der Waals surface area contributed by atoms with Gasteiger partial charge >= 0.3 is 0 Å². The van der Waals surface area contributed by atoms with E-state index in [1.54, 1.807) is 17.0 Å². The zero-order valence-corrected chi connectivity index (χ0v) is 16.4. The molecule has 0 unspecified atom stereocenters. The first kappa shape index (κ1) is 18.8. The fourth-order valence-electron chi connectivity index (χ4n) is 2.94. The summed E-state index contributed by atoms with van der Waals surface area (Å²) >= 11 is 1.45. The van der Waals surface area contributed by atoms with Gasteiger partial charge in [-0.3, -0.25) is 4.79 Å². The highest BCUT2D eigenvalue weighted by Crippen LogP contribution is 2.32. The smallest absolute Gasteiger partial charge is 0.255 e. The number of sulfone groups is 1. The maximum absolute atomic E-state index is 12.7. The van der Waals surface area contributed by atoms with Gasteiger partial charge in [0, 0.05) is 30.2 Å². The first-order valence-corrected chi connectivity index (χ1v) is 11.1. The van der Waals surface area contributed by atoms with Gasteiger partial charge in [-0.15, -0.1) is 11.3 Å². The number of rotatable bonds is 4. The second-order valence-corrected chi connectivity index (χ2v) is 9.79. The van der Waals surface area contributed by atoms with E-state index in [9.17, 15) is 13.2 Å². The Labute approximate surface area is 157 Å². The van der Waals surface area contributed by atoms with Gasteiger partial charge in [0.25, 0.3) is 5.91 Å². The van der Waals surface area contributed by atoms with Gasteiger partial charge in [0.15, 0.2) is 9.84 Å². The molecule has 0 aromatic carbocycles. The van der Waals surface area contributed by atoms with Crippen LogP contribution in [0.1, 0.15) is 40.8 Å². The third kappa shape index (κ3) is 4.24. The maximum Gasteiger partial charge on any atom is 0.255 e. The summed E-state index contributed by atoms with van der Waals surface area (Å²) in [6.45, 7) is 4.42. The fourth-order valence-corrected chi connectivity index (χ4v) is 5.95. The minimum Gasteiger partial charge on any atom is -0.475 e. The average molecular weight is 395 g/mol. The molecule has 0 N–H and O–H groups in total. The number of carbonyl (C=O) groups is 1. The van der Waals surface area contributed by atoms with Crippen LogP contribution in [0.3, 0.4) is 0 Å². The van der Waals surface area contributed by atoms with E-state index in [1.807, 2.05) is 31.4 Å². The zero-order chi connectivity index (χ0) is 18.7. The summed E-state index contributed by atoms with van der Waals surface area (Å²) in [7, 11) is -3.27. The number of ether oxygens (including phenoxy) is 1. The van der Waals surface area contributed by atoms with E-state index < -0.39 is 15.1 Å². The zero-order valence-electron chi connectivity index (χ0n) is 14.8. The Kier molecular flexibility index (Phi) is 5.62. The van der Waals surface area contributed by atoms with Crippen molar-refractivity contribution in [1.29, 1.82) is 0 Å². The van der Waals surface area contributed by atoms with E-state index in [2.05, 4.69) is 4.98 Å². The van der Waals surface area contributed by atoms with Crippen molar-refractivity contribution in [3.63, 3.8) is 0 Å².